The zero-order valence-electron chi connectivity index (χ0n) is 13.5. The summed E-state index contributed by atoms with van der Waals surface area (Å²) < 4.78 is 26.0. The van der Waals surface area contributed by atoms with Crippen molar-refractivity contribution in [1.29, 1.82) is 0 Å². The minimum Gasteiger partial charge on any atom is -0.397 e. The first-order valence-electron chi connectivity index (χ1n) is 7.26. The van der Waals surface area contributed by atoms with Gasteiger partial charge in [0.05, 0.1) is 16.3 Å². The van der Waals surface area contributed by atoms with Gasteiger partial charge < -0.3 is 11.1 Å². The molecule has 1 rings (SSSR count). The zero-order chi connectivity index (χ0) is 16.2. The zero-order valence-corrected chi connectivity index (χ0v) is 14.3. The summed E-state index contributed by atoms with van der Waals surface area (Å²) in [5, 5.41) is 3.30. The van der Waals surface area contributed by atoms with Crippen molar-refractivity contribution >= 4 is 21.4 Å². The molecule has 1 aromatic carbocycles. The van der Waals surface area contributed by atoms with Gasteiger partial charge in [-0.05, 0) is 43.0 Å². The number of hydrogen-bond donors (Lipinski definition) is 3. The van der Waals surface area contributed by atoms with Gasteiger partial charge in [0.15, 0.2) is 0 Å². The molecule has 0 aliphatic rings. The molecule has 0 radical (unpaired) electrons. The smallest absolute Gasteiger partial charge is 0.240 e. The normalized spacial score (nSPS) is 12.4. The Morgan fingerprint density at radius 2 is 1.71 bits per heavy atom. The van der Waals surface area contributed by atoms with E-state index in [9.17, 15) is 8.42 Å². The van der Waals surface area contributed by atoms with Gasteiger partial charge in [-0.2, -0.15) is 0 Å². The van der Waals surface area contributed by atoms with Crippen molar-refractivity contribution in [3.63, 3.8) is 0 Å². The van der Waals surface area contributed by atoms with Crippen LogP contribution in [0.15, 0.2) is 23.1 Å². The molecular weight excluding hydrogens is 286 g/mol. The molecule has 5 nitrogen and oxygen atoms in total. The molecule has 0 aromatic heterocycles. The fourth-order valence-corrected chi connectivity index (χ4v) is 3.20. The molecule has 0 fully saturated rings. The second-order valence-electron chi connectivity index (χ2n) is 5.99. The fourth-order valence-electron chi connectivity index (χ4n) is 2.44. The van der Waals surface area contributed by atoms with Gasteiger partial charge in [0, 0.05) is 6.54 Å². The van der Waals surface area contributed by atoms with E-state index in [-0.39, 0.29) is 4.90 Å². The first-order chi connectivity index (χ1) is 9.69. The fraction of sp³-hybridized carbons (Fsp3) is 0.600. The number of rotatable bonds is 7. The summed E-state index contributed by atoms with van der Waals surface area (Å²) in [4.78, 5) is 0.215. The van der Waals surface area contributed by atoms with Crippen LogP contribution in [0, 0.1) is 17.8 Å². The third-order valence-electron chi connectivity index (χ3n) is 3.84. The summed E-state index contributed by atoms with van der Waals surface area (Å²) in [6, 6.07) is 4.71. The van der Waals surface area contributed by atoms with Crippen molar-refractivity contribution in [1.82, 2.24) is 4.72 Å². The lowest BCUT2D eigenvalue weighted by Gasteiger charge is -2.26. The second-order valence-corrected chi connectivity index (χ2v) is 7.88. The van der Waals surface area contributed by atoms with Crippen molar-refractivity contribution in [3.8, 4) is 0 Å². The summed E-state index contributed by atoms with van der Waals surface area (Å²) in [5.41, 5.74) is 7.15. The Bertz CT molecular complexity index is 560. The lowest BCUT2D eigenvalue weighted by molar-refractivity contribution is 0.304. The van der Waals surface area contributed by atoms with Gasteiger partial charge in [-0.3, -0.25) is 0 Å². The number of nitrogen functional groups attached to an aromatic ring is 1. The van der Waals surface area contributed by atoms with Gasteiger partial charge >= 0.3 is 0 Å². The van der Waals surface area contributed by atoms with Crippen LogP contribution in [0.3, 0.4) is 0 Å². The number of sulfonamides is 1. The van der Waals surface area contributed by atoms with Crippen molar-refractivity contribution in [3.05, 3.63) is 18.2 Å². The highest BCUT2D eigenvalue weighted by molar-refractivity contribution is 7.89. The van der Waals surface area contributed by atoms with Crippen molar-refractivity contribution in [2.75, 3.05) is 24.6 Å². The standard InChI is InChI=1S/C15H27N3O2S/c1-10(2)13(11(3)4)9-18-15-8-12(6-7-14(15)16)21(19,20)17-5/h6-8,10-11,13,17-18H,9,16H2,1-5H3. The predicted octanol–water partition coefficient (Wildman–Crippen LogP) is 2.52. The van der Waals surface area contributed by atoms with Crippen LogP contribution in [0.25, 0.3) is 0 Å². The first kappa shape index (κ1) is 17.8. The van der Waals surface area contributed by atoms with Gasteiger partial charge in [-0.15, -0.1) is 0 Å². The molecule has 0 unspecified atom stereocenters. The Morgan fingerprint density at radius 1 is 1.14 bits per heavy atom. The largest absolute Gasteiger partial charge is 0.397 e. The van der Waals surface area contributed by atoms with Crippen molar-refractivity contribution in [2.24, 2.45) is 17.8 Å². The molecule has 6 heteroatoms. The van der Waals surface area contributed by atoms with Crippen LogP contribution in [0.4, 0.5) is 11.4 Å². The Balaban J connectivity index is 2.96. The molecule has 0 bridgehead atoms. The van der Waals surface area contributed by atoms with E-state index in [4.69, 9.17) is 5.73 Å². The van der Waals surface area contributed by atoms with Crippen LogP contribution in [-0.2, 0) is 10.0 Å². The SMILES string of the molecule is CNS(=O)(=O)c1ccc(N)c(NCC(C(C)C)C(C)C)c1. The quantitative estimate of drug-likeness (QED) is 0.675. The number of nitrogens with two attached hydrogens (primary N) is 1. The third-order valence-corrected chi connectivity index (χ3v) is 5.26. The molecule has 0 heterocycles. The molecule has 4 N–H and O–H groups in total. The third kappa shape index (κ3) is 4.61. The lowest BCUT2D eigenvalue weighted by atomic mass is 9.85. The summed E-state index contributed by atoms with van der Waals surface area (Å²) in [6.45, 7) is 9.53. The maximum atomic E-state index is 11.8. The van der Waals surface area contributed by atoms with Crippen LogP contribution < -0.4 is 15.8 Å². The second kappa shape index (κ2) is 7.13. The minimum atomic E-state index is -3.45. The molecule has 120 valence electrons. The van der Waals surface area contributed by atoms with Crippen LogP contribution in [0.5, 0.6) is 0 Å². The number of anilines is 2. The van der Waals surface area contributed by atoms with E-state index in [0.29, 0.717) is 29.1 Å². The Labute approximate surface area is 128 Å². The van der Waals surface area contributed by atoms with Gasteiger partial charge in [-0.1, -0.05) is 27.7 Å². The summed E-state index contributed by atoms with van der Waals surface area (Å²) >= 11 is 0. The average Bonchev–Trinajstić information content (AvgIpc) is 2.39. The van der Waals surface area contributed by atoms with Crippen LogP contribution in [0.1, 0.15) is 27.7 Å². The molecule has 0 saturated heterocycles. The summed E-state index contributed by atoms with van der Waals surface area (Å²) in [5.74, 6) is 1.58. The topological polar surface area (TPSA) is 84.2 Å². The highest BCUT2D eigenvalue weighted by Crippen LogP contribution is 2.26. The molecule has 21 heavy (non-hydrogen) atoms. The number of hydrogen-bond acceptors (Lipinski definition) is 4. The molecule has 0 amide bonds. The van der Waals surface area contributed by atoms with E-state index in [1.165, 1.54) is 13.1 Å². The van der Waals surface area contributed by atoms with Gasteiger partial charge in [0.2, 0.25) is 10.0 Å². The maximum absolute atomic E-state index is 11.8. The Kier molecular flexibility index (Phi) is 6.04. The van der Waals surface area contributed by atoms with Crippen molar-refractivity contribution in [2.45, 2.75) is 32.6 Å². The molecule has 0 aliphatic carbocycles. The summed E-state index contributed by atoms with van der Waals surface area (Å²) in [6.07, 6.45) is 0. The van der Waals surface area contributed by atoms with E-state index in [2.05, 4.69) is 37.7 Å². The minimum absolute atomic E-state index is 0.215. The highest BCUT2D eigenvalue weighted by Gasteiger charge is 2.18. The predicted molar refractivity (Wildman–Crippen MR) is 88.8 cm³/mol. The summed E-state index contributed by atoms with van der Waals surface area (Å²) in [7, 11) is -2.06. The van der Waals surface area contributed by atoms with E-state index in [0.717, 1.165) is 6.54 Å². The van der Waals surface area contributed by atoms with Gasteiger partial charge in [-0.25, -0.2) is 13.1 Å². The Morgan fingerprint density at radius 3 is 2.19 bits per heavy atom. The molecule has 1 aromatic rings. The number of benzene rings is 1. The van der Waals surface area contributed by atoms with E-state index in [1.54, 1.807) is 12.1 Å². The van der Waals surface area contributed by atoms with Crippen LogP contribution in [-0.4, -0.2) is 22.0 Å². The monoisotopic (exact) mass is 313 g/mol. The van der Waals surface area contributed by atoms with E-state index >= 15 is 0 Å². The Hall–Kier alpha value is -1.27. The van der Waals surface area contributed by atoms with E-state index in [1.807, 2.05) is 0 Å². The lowest BCUT2D eigenvalue weighted by Crippen LogP contribution is -2.25. The van der Waals surface area contributed by atoms with E-state index < -0.39 is 10.0 Å². The molecule has 0 aliphatic heterocycles. The molecule has 0 saturated carbocycles. The molecule has 0 spiro atoms. The van der Waals surface area contributed by atoms with Crippen molar-refractivity contribution < 1.29 is 8.42 Å². The van der Waals surface area contributed by atoms with Crippen LogP contribution in [0.2, 0.25) is 0 Å². The average molecular weight is 313 g/mol. The number of nitrogens with one attached hydrogen (secondary N) is 2. The molecule has 0 atom stereocenters. The van der Waals surface area contributed by atoms with Gasteiger partial charge in [0.25, 0.3) is 0 Å². The van der Waals surface area contributed by atoms with Crippen LogP contribution >= 0.6 is 0 Å². The highest BCUT2D eigenvalue weighted by atomic mass is 32.2. The molecular formula is C15H27N3O2S. The van der Waals surface area contributed by atoms with Gasteiger partial charge in [0.1, 0.15) is 0 Å². The first-order valence-corrected chi connectivity index (χ1v) is 8.74. The maximum Gasteiger partial charge on any atom is 0.240 e.